The molecule has 0 saturated carbocycles. The van der Waals surface area contributed by atoms with Gasteiger partial charge in [-0.05, 0) is 30.5 Å². The SMILES string of the molecule is CCCNC(=O)CCC(O)c1ccc(F)c(F)c1. The molecule has 0 saturated heterocycles. The molecule has 18 heavy (non-hydrogen) atoms. The van der Waals surface area contributed by atoms with Gasteiger partial charge in [0.05, 0.1) is 6.10 Å². The second-order valence-corrected chi connectivity index (χ2v) is 4.08. The highest BCUT2D eigenvalue weighted by atomic mass is 19.2. The highest BCUT2D eigenvalue weighted by Gasteiger charge is 2.12. The van der Waals surface area contributed by atoms with E-state index in [0.29, 0.717) is 6.54 Å². The Labute approximate surface area is 105 Å². The molecule has 1 rings (SSSR count). The van der Waals surface area contributed by atoms with Crippen LogP contribution >= 0.6 is 0 Å². The van der Waals surface area contributed by atoms with Crippen LogP contribution in [0.5, 0.6) is 0 Å². The number of carbonyl (C=O) groups is 1. The maximum Gasteiger partial charge on any atom is 0.220 e. The van der Waals surface area contributed by atoms with Crippen LogP contribution in [0, 0.1) is 11.6 Å². The lowest BCUT2D eigenvalue weighted by molar-refractivity contribution is -0.121. The summed E-state index contributed by atoms with van der Waals surface area (Å²) in [6, 6.07) is 3.22. The summed E-state index contributed by atoms with van der Waals surface area (Å²) in [5.41, 5.74) is 0.275. The van der Waals surface area contributed by atoms with Gasteiger partial charge in [0.1, 0.15) is 0 Å². The standard InChI is InChI=1S/C13H17F2NO2/c1-2-7-16-13(18)6-5-12(17)9-3-4-10(14)11(15)8-9/h3-4,8,12,17H,2,5-7H2,1H3,(H,16,18). The van der Waals surface area contributed by atoms with Crippen molar-refractivity contribution in [2.45, 2.75) is 32.3 Å². The zero-order chi connectivity index (χ0) is 13.5. The van der Waals surface area contributed by atoms with Crippen molar-refractivity contribution in [1.29, 1.82) is 0 Å². The van der Waals surface area contributed by atoms with Gasteiger partial charge in [-0.25, -0.2) is 8.78 Å². The Balaban J connectivity index is 2.47. The third-order valence-electron chi connectivity index (χ3n) is 2.55. The number of halogens is 2. The smallest absolute Gasteiger partial charge is 0.220 e. The van der Waals surface area contributed by atoms with Crippen molar-refractivity contribution in [2.75, 3.05) is 6.54 Å². The molecule has 0 aromatic heterocycles. The van der Waals surface area contributed by atoms with Crippen molar-refractivity contribution in [3.8, 4) is 0 Å². The minimum atomic E-state index is -0.998. The molecule has 0 fully saturated rings. The molecule has 1 amide bonds. The van der Waals surface area contributed by atoms with E-state index < -0.39 is 17.7 Å². The second-order valence-electron chi connectivity index (χ2n) is 4.08. The van der Waals surface area contributed by atoms with Crippen LogP contribution in [0.25, 0.3) is 0 Å². The van der Waals surface area contributed by atoms with Crippen LogP contribution in [0.2, 0.25) is 0 Å². The molecule has 0 aliphatic rings. The number of benzene rings is 1. The Bertz CT molecular complexity index is 410. The predicted molar refractivity (Wildman–Crippen MR) is 63.9 cm³/mol. The Morgan fingerprint density at radius 3 is 2.72 bits per heavy atom. The van der Waals surface area contributed by atoms with Gasteiger partial charge in [0.25, 0.3) is 0 Å². The summed E-state index contributed by atoms with van der Waals surface area (Å²) in [5.74, 6) is -2.10. The van der Waals surface area contributed by atoms with E-state index in [1.54, 1.807) is 0 Å². The highest BCUT2D eigenvalue weighted by molar-refractivity contribution is 5.75. The van der Waals surface area contributed by atoms with Crippen molar-refractivity contribution >= 4 is 5.91 Å². The van der Waals surface area contributed by atoms with Gasteiger partial charge in [0.2, 0.25) is 5.91 Å². The van der Waals surface area contributed by atoms with Crippen molar-refractivity contribution in [1.82, 2.24) is 5.32 Å². The molecular formula is C13H17F2NO2. The van der Waals surface area contributed by atoms with Gasteiger partial charge in [-0.1, -0.05) is 13.0 Å². The topological polar surface area (TPSA) is 49.3 Å². The first-order valence-electron chi connectivity index (χ1n) is 5.94. The van der Waals surface area contributed by atoms with Crippen LogP contribution in [0.4, 0.5) is 8.78 Å². The first kappa shape index (κ1) is 14.6. The molecule has 2 N–H and O–H groups in total. The van der Waals surface area contributed by atoms with Gasteiger partial charge in [-0.15, -0.1) is 0 Å². The van der Waals surface area contributed by atoms with Crippen LogP contribution in [0.1, 0.15) is 37.9 Å². The van der Waals surface area contributed by atoms with Crippen molar-refractivity contribution in [3.63, 3.8) is 0 Å². The fourth-order valence-electron chi connectivity index (χ4n) is 1.51. The normalized spacial score (nSPS) is 12.2. The molecule has 0 aliphatic carbocycles. The fourth-order valence-corrected chi connectivity index (χ4v) is 1.51. The second kappa shape index (κ2) is 7.06. The first-order chi connectivity index (χ1) is 8.54. The predicted octanol–water partition coefficient (Wildman–Crippen LogP) is 2.30. The minimum Gasteiger partial charge on any atom is -0.388 e. The summed E-state index contributed by atoms with van der Waals surface area (Å²) < 4.78 is 25.6. The maximum absolute atomic E-state index is 12.9. The number of nitrogens with one attached hydrogen (secondary N) is 1. The average molecular weight is 257 g/mol. The van der Waals surface area contributed by atoms with E-state index in [1.807, 2.05) is 6.92 Å². The molecule has 100 valence electrons. The molecule has 1 aromatic carbocycles. The number of aliphatic hydroxyl groups excluding tert-OH is 1. The van der Waals surface area contributed by atoms with Crippen molar-refractivity contribution in [3.05, 3.63) is 35.4 Å². The largest absolute Gasteiger partial charge is 0.388 e. The number of aliphatic hydroxyl groups is 1. The van der Waals surface area contributed by atoms with Gasteiger partial charge in [0, 0.05) is 13.0 Å². The lowest BCUT2D eigenvalue weighted by Gasteiger charge is -2.11. The molecule has 3 nitrogen and oxygen atoms in total. The third kappa shape index (κ3) is 4.41. The lowest BCUT2D eigenvalue weighted by atomic mass is 10.0. The van der Waals surface area contributed by atoms with Gasteiger partial charge in [-0.3, -0.25) is 4.79 Å². The molecule has 1 aromatic rings. The summed E-state index contributed by atoms with van der Waals surface area (Å²) in [5, 5.41) is 12.4. The fraction of sp³-hybridized carbons (Fsp3) is 0.462. The van der Waals surface area contributed by atoms with Gasteiger partial charge < -0.3 is 10.4 Å². The minimum absolute atomic E-state index is 0.153. The Morgan fingerprint density at radius 2 is 2.11 bits per heavy atom. The monoisotopic (exact) mass is 257 g/mol. The maximum atomic E-state index is 12.9. The summed E-state index contributed by atoms with van der Waals surface area (Å²) in [6.07, 6.45) is 0.214. The molecule has 0 bridgehead atoms. The van der Waals surface area contributed by atoms with E-state index in [1.165, 1.54) is 6.07 Å². The van der Waals surface area contributed by atoms with Crippen LogP contribution < -0.4 is 5.32 Å². The van der Waals surface area contributed by atoms with Gasteiger partial charge in [0.15, 0.2) is 11.6 Å². The lowest BCUT2D eigenvalue weighted by Crippen LogP contribution is -2.24. The van der Waals surface area contributed by atoms with Gasteiger partial charge in [-0.2, -0.15) is 0 Å². The Morgan fingerprint density at radius 1 is 1.39 bits per heavy atom. The number of rotatable bonds is 6. The summed E-state index contributed by atoms with van der Waals surface area (Å²) in [4.78, 5) is 11.3. The van der Waals surface area contributed by atoms with Crippen molar-refractivity contribution in [2.24, 2.45) is 0 Å². The van der Waals surface area contributed by atoms with Crippen molar-refractivity contribution < 1.29 is 18.7 Å². The van der Waals surface area contributed by atoms with E-state index >= 15 is 0 Å². The van der Waals surface area contributed by atoms with Crippen LogP contribution in [-0.4, -0.2) is 17.6 Å². The van der Waals surface area contributed by atoms with Gasteiger partial charge >= 0.3 is 0 Å². The molecule has 1 unspecified atom stereocenters. The van der Waals surface area contributed by atoms with Crippen LogP contribution in [-0.2, 0) is 4.79 Å². The summed E-state index contributed by atoms with van der Waals surface area (Å²) in [7, 11) is 0. The molecule has 0 spiro atoms. The third-order valence-corrected chi connectivity index (χ3v) is 2.55. The molecule has 0 heterocycles. The number of amides is 1. The Hall–Kier alpha value is -1.49. The summed E-state index contributed by atoms with van der Waals surface area (Å²) in [6.45, 7) is 2.54. The summed E-state index contributed by atoms with van der Waals surface area (Å²) >= 11 is 0. The van der Waals surface area contributed by atoms with E-state index in [0.717, 1.165) is 18.6 Å². The molecule has 0 radical (unpaired) electrons. The van der Waals surface area contributed by atoms with E-state index in [-0.39, 0.29) is 24.3 Å². The number of hydrogen-bond donors (Lipinski definition) is 2. The molecule has 0 aliphatic heterocycles. The number of hydrogen-bond acceptors (Lipinski definition) is 2. The average Bonchev–Trinajstić information content (AvgIpc) is 2.36. The molecular weight excluding hydrogens is 240 g/mol. The quantitative estimate of drug-likeness (QED) is 0.821. The first-order valence-corrected chi connectivity index (χ1v) is 5.94. The zero-order valence-corrected chi connectivity index (χ0v) is 10.2. The number of carbonyl (C=O) groups excluding carboxylic acids is 1. The van der Waals surface area contributed by atoms with Crippen LogP contribution in [0.3, 0.4) is 0 Å². The van der Waals surface area contributed by atoms with E-state index in [2.05, 4.69) is 5.32 Å². The molecule has 5 heteroatoms. The van der Waals surface area contributed by atoms with E-state index in [9.17, 15) is 18.7 Å². The Kier molecular flexibility index (Phi) is 5.71. The zero-order valence-electron chi connectivity index (χ0n) is 10.2. The van der Waals surface area contributed by atoms with Crippen LogP contribution in [0.15, 0.2) is 18.2 Å². The molecule has 1 atom stereocenters. The van der Waals surface area contributed by atoms with E-state index in [4.69, 9.17) is 0 Å². The highest BCUT2D eigenvalue weighted by Crippen LogP contribution is 2.20.